The van der Waals surface area contributed by atoms with Crippen molar-refractivity contribution in [3.63, 3.8) is 0 Å². The summed E-state index contributed by atoms with van der Waals surface area (Å²) < 4.78 is 34.9. The van der Waals surface area contributed by atoms with Gasteiger partial charge in [0.15, 0.2) is 0 Å². The van der Waals surface area contributed by atoms with Crippen LogP contribution in [0.25, 0.3) is 11.0 Å². The van der Waals surface area contributed by atoms with Gasteiger partial charge in [-0.25, -0.2) is 18.6 Å². The molecule has 1 amide bonds. The third kappa shape index (κ3) is 4.91. The van der Waals surface area contributed by atoms with Crippen LogP contribution in [0.5, 0.6) is 0 Å². The van der Waals surface area contributed by atoms with Gasteiger partial charge in [0.05, 0.1) is 30.3 Å². The van der Waals surface area contributed by atoms with E-state index in [0.29, 0.717) is 33.8 Å². The Kier molecular flexibility index (Phi) is 6.37. The molecule has 0 fully saturated rings. The van der Waals surface area contributed by atoms with Crippen molar-refractivity contribution in [3.8, 4) is 0 Å². The Morgan fingerprint density at radius 2 is 1.74 bits per heavy atom. The Hall–Kier alpha value is -4.47. The molecule has 3 aromatic carbocycles. The van der Waals surface area contributed by atoms with E-state index in [4.69, 9.17) is 4.74 Å². The third-order valence-electron chi connectivity index (χ3n) is 5.46. The standard InChI is InChI=1S/C25H20F2N4O4/c1-25(26,27)19-6-4-3-5-17(19)14-31-21-12-9-16(22(32)30-34)13-20(21)29-24(31)28-18-10-7-15(8-11-18)23(33)35-2/h3-13H,14H2,1-2H3,(H,28,29). The SMILES string of the molecule is COC(=O)c1ccc(Nc2nc3cc(C(=O)N=O)ccc3n2Cc2ccccc2C(C)(F)F)cc1. The molecule has 1 N–H and O–H groups in total. The lowest BCUT2D eigenvalue weighted by molar-refractivity contribution is 0.0164. The van der Waals surface area contributed by atoms with Crippen molar-refractivity contribution < 1.29 is 23.1 Å². The summed E-state index contributed by atoms with van der Waals surface area (Å²) in [6.45, 7) is 0.891. The Bertz CT molecular complexity index is 1430. The molecule has 0 aliphatic rings. The van der Waals surface area contributed by atoms with Crippen LogP contribution in [0.1, 0.15) is 38.8 Å². The maximum atomic E-state index is 14.3. The number of ether oxygens (including phenoxy) is 1. The molecule has 0 saturated heterocycles. The minimum atomic E-state index is -3.06. The van der Waals surface area contributed by atoms with Crippen molar-refractivity contribution in [2.45, 2.75) is 19.4 Å². The van der Waals surface area contributed by atoms with Gasteiger partial charge in [-0.05, 0) is 48.0 Å². The summed E-state index contributed by atoms with van der Waals surface area (Å²) in [5, 5.41) is 5.57. The number of alkyl halides is 2. The number of nitroso groups, excluding NO2 is 1. The lowest BCUT2D eigenvalue weighted by Crippen LogP contribution is -2.14. The zero-order valence-corrected chi connectivity index (χ0v) is 18.8. The average molecular weight is 478 g/mol. The molecule has 0 bridgehead atoms. The summed E-state index contributed by atoms with van der Waals surface area (Å²) in [4.78, 5) is 38.7. The molecule has 10 heteroatoms. The second-order valence-corrected chi connectivity index (χ2v) is 7.86. The van der Waals surface area contributed by atoms with Crippen LogP contribution in [0.15, 0.2) is 71.9 Å². The molecular weight excluding hydrogens is 458 g/mol. The van der Waals surface area contributed by atoms with Gasteiger partial charge in [-0.3, -0.25) is 4.79 Å². The van der Waals surface area contributed by atoms with Crippen LogP contribution < -0.4 is 5.32 Å². The molecule has 35 heavy (non-hydrogen) atoms. The van der Waals surface area contributed by atoms with Gasteiger partial charge in [-0.1, -0.05) is 24.3 Å². The molecule has 0 spiro atoms. The second-order valence-electron chi connectivity index (χ2n) is 7.86. The predicted octanol–water partition coefficient (Wildman–Crippen LogP) is 5.63. The number of nitrogens with zero attached hydrogens (tertiary/aromatic N) is 3. The monoisotopic (exact) mass is 478 g/mol. The fraction of sp³-hybridized carbons (Fsp3) is 0.160. The van der Waals surface area contributed by atoms with E-state index in [9.17, 15) is 23.3 Å². The Balaban J connectivity index is 1.80. The number of fused-ring (bicyclic) bond motifs is 1. The van der Waals surface area contributed by atoms with Crippen molar-refractivity contribution in [2.24, 2.45) is 5.18 Å². The fourth-order valence-electron chi connectivity index (χ4n) is 3.76. The first-order chi connectivity index (χ1) is 16.7. The average Bonchev–Trinajstić information content (AvgIpc) is 3.19. The summed E-state index contributed by atoms with van der Waals surface area (Å²) in [7, 11) is 1.29. The lowest BCUT2D eigenvalue weighted by Gasteiger charge is -2.18. The van der Waals surface area contributed by atoms with Crippen molar-refractivity contribution in [3.05, 3.63) is 93.9 Å². The number of esters is 1. The summed E-state index contributed by atoms with van der Waals surface area (Å²) in [5.74, 6) is -4.17. The second kappa shape index (κ2) is 9.41. The Morgan fingerprint density at radius 1 is 1.06 bits per heavy atom. The predicted molar refractivity (Wildman–Crippen MR) is 126 cm³/mol. The molecule has 0 atom stereocenters. The molecule has 178 valence electrons. The van der Waals surface area contributed by atoms with Crippen LogP contribution in [-0.4, -0.2) is 28.5 Å². The number of carbonyl (C=O) groups excluding carboxylic acids is 2. The molecule has 4 rings (SSSR count). The zero-order valence-electron chi connectivity index (χ0n) is 18.8. The van der Waals surface area contributed by atoms with Gasteiger partial charge in [0, 0.05) is 28.9 Å². The molecule has 1 aromatic heterocycles. The minimum absolute atomic E-state index is 0.0535. The number of halogens is 2. The molecule has 4 aromatic rings. The van der Waals surface area contributed by atoms with Gasteiger partial charge in [-0.2, -0.15) is 0 Å². The first-order valence-corrected chi connectivity index (χ1v) is 10.5. The van der Waals surface area contributed by atoms with Gasteiger partial charge < -0.3 is 14.6 Å². The summed E-state index contributed by atoms with van der Waals surface area (Å²) in [6.07, 6.45) is 0. The van der Waals surface area contributed by atoms with E-state index >= 15 is 0 Å². The summed E-state index contributed by atoms with van der Waals surface area (Å²) in [6, 6.07) is 17.1. The molecule has 0 saturated carbocycles. The lowest BCUT2D eigenvalue weighted by atomic mass is 10.0. The molecular formula is C25H20F2N4O4. The van der Waals surface area contributed by atoms with Crippen molar-refractivity contribution in [1.29, 1.82) is 0 Å². The van der Waals surface area contributed by atoms with E-state index in [1.165, 1.54) is 25.3 Å². The zero-order chi connectivity index (χ0) is 25.2. The van der Waals surface area contributed by atoms with E-state index < -0.39 is 17.8 Å². The number of nitrogens with one attached hydrogen (secondary N) is 1. The van der Waals surface area contributed by atoms with Crippen LogP contribution in [0.3, 0.4) is 0 Å². The smallest absolute Gasteiger partial charge is 0.337 e. The minimum Gasteiger partial charge on any atom is -0.465 e. The van der Waals surface area contributed by atoms with Crippen LogP contribution in [0.4, 0.5) is 20.4 Å². The number of hydrogen-bond donors (Lipinski definition) is 1. The molecule has 0 aliphatic carbocycles. The molecule has 0 aliphatic heterocycles. The van der Waals surface area contributed by atoms with E-state index in [-0.39, 0.29) is 17.7 Å². The highest BCUT2D eigenvalue weighted by atomic mass is 19.3. The number of imidazole rings is 1. The van der Waals surface area contributed by atoms with Crippen LogP contribution in [-0.2, 0) is 17.2 Å². The molecule has 1 heterocycles. The first-order valence-electron chi connectivity index (χ1n) is 10.5. The van der Waals surface area contributed by atoms with Crippen LogP contribution >= 0.6 is 0 Å². The van der Waals surface area contributed by atoms with Crippen LogP contribution in [0.2, 0.25) is 0 Å². The summed E-state index contributed by atoms with van der Waals surface area (Å²) >= 11 is 0. The van der Waals surface area contributed by atoms with Crippen molar-refractivity contribution in [1.82, 2.24) is 9.55 Å². The van der Waals surface area contributed by atoms with Crippen molar-refractivity contribution >= 4 is 34.5 Å². The molecule has 0 unspecified atom stereocenters. The highest BCUT2D eigenvalue weighted by molar-refractivity contribution is 5.98. The molecule has 0 radical (unpaired) electrons. The van der Waals surface area contributed by atoms with E-state index in [1.54, 1.807) is 53.1 Å². The normalized spacial score (nSPS) is 11.3. The van der Waals surface area contributed by atoms with E-state index in [1.807, 2.05) is 0 Å². The van der Waals surface area contributed by atoms with Crippen molar-refractivity contribution in [2.75, 3.05) is 12.4 Å². The number of carbonyl (C=O) groups is 2. The number of anilines is 2. The Labute approximate surface area is 198 Å². The first kappa shape index (κ1) is 23.7. The topological polar surface area (TPSA) is 103 Å². The van der Waals surface area contributed by atoms with Gasteiger partial charge in [0.25, 0.3) is 5.92 Å². The van der Waals surface area contributed by atoms with Gasteiger partial charge in [0.1, 0.15) is 0 Å². The number of aromatic nitrogens is 2. The quantitative estimate of drug-likeness (QED) is 0.273. The van der Waals surface area contributed by atoms with E-state index in [0.717, 1.165) is 6.92 Å². The Morgan fingerprint density at radius 3 is 2.40 bits per heavy atom. The maximum Gasteiger partial charge on any atom is 0.337 e. The van der Waals surface area contributed by atoms with Crippen LogP contribution in [0, 0.1) is 4.91 Å². The highest BCUT2D eigenvalue weighted by Crippen LogP contribution is 2.32. The number of methoxy groups -OCH3 is 1. The van der Waals surface area contributed by atoms with Gasteiger partial charge >= 0.3 is 11.9 Å². The van der Waals surface area contributed by atoms with Gasteiger partial charge in [0.2, 0.25) is 5.95 Å². The largest absolute Gasteiger partial charge is 0.465 e. The molecule has 8 nitrogen and oxygen atoms in total. The number of benzene rings is 3. The maximum absolute atomic E-state index is 14.3. The summed E-state index contributed by atoms with van der Waals surface area (Å²) in [5.41, 5.74) is 2.19. The number of rotatable bonds is 7. The third-order valence-corrected chi connectivity index (χ3v) is 5.46. The number of hydrogen-bond acceptors (Lipinski definition) is 6. The highest BCUT2D eigenvalue weighted by Gasteiger charge is 2.27. The number of amides is 1. The van der Waals surface area contributed by atoms with Gasteiger partial charge in [-0.15, -0.1) is 4.91 Å². The van der Waals surface area contributed by atoms with E-state index in [2.05, 4.69) is 15.5 Å². The fourth-order valence-corrected chi connectivity index (χ4v) is 3.76.